The first-order valence-corrected chi connectivity index (χ1v) is 11.9. The van der Waals surface area contributed by atoms with E-state index in [2.05, 4.69) is 12.2 Å². The van der Waals surface area contributed by atoms with Gasteiger partial charge < -0.3 is 10.2 Å². The average Bonchev–Trinajstić information content (AvgIpc) is 3.04. The number of unbranched alkanes of at least 4 members (excludes halogenated alkanes) is 5. The van der Waals surface area contributed by atoms with Gasteiger partial charge in [-0.25, -0.2) is 0 Å². The van der Waals surface area contributed by atoms with Gasteiger partial charge in [0.05, 0.1) is 0 Å². The molecule has 1 N–H and O–H groups in total. The van der Waals surface area contributed by atoms with Crippen molar-refractivity contribution >= 4 is 29.1 Å². The van der Waals surface area contributed by atoms with Gasteiger partial charge in [-0.1, -0.05) is 68.8 Å². The molecule has 5 heteroatoms. The number of hydrogen-bond acceptors (Lipinski definition) is 2. The Hall–Kier alpha value is -2.33. The summed E-state index contributed by atoms with van der Waals surface area (Å²) in [5, 5.41) is 3.68. The van der Waals surface area contributed by atoms with Crippen molar-refractivity contribution in [2.45, 2.75) is 70.8 Å². The minimum absolute atomic E-state index is 0.0167. The van der Waals surface area contributed by atoms with E-state index in [9.17, 15) is 9.59 Å². The first kappa shape index (κ1) is 23.3. The fraction of sp³-hybridized carbons (Fsp3) is 0.462. The van der Waals surface area contributed by atoms with E-state index >= 15 is 0 Å². The minimum Gasteiger partial charge on any atom is -0.356 e. The molecule has 2 amide bonds. The molecule has 0 radical (unpaired) electrons. The van der Waals surface area contributed by atoms with Crippen LogP contribution in [0.5, 0.6) is 0 Å². The van der Waals surface area contributed by atoms with Crippen LogP contribution in [0.2, 0.25) is 5.02 Å². The molecule has 1 aliphatic rings. The van der Waals surface area contributed by atoms with E-state index < -0.39 is 0 Å². The zero-order valence-electron chi connectivity index (χ0n) is 18.6. The van der Waals surface area contributed by atoms with Crippen LogP contribution in [0.1, 0.15) is 80.6 Å². The van der Waals surface area contributed by atoms with Gasteiger partial charge in [0.1, 0.15) is 0 Å². The molecule has 166 valence electrons. The Kier molecular flexibility index (Phi) is 8.53. The number of rotatable bonds is 10. The molecule has 0 aromatic heterocycles. The van der Waals surface area contributed by atoms with Gasteiger partial charge in [-0.15, -0.1) is 0 Å². The lowest BCUT2D eigenvalue weighted by Crippen LogP contribution is -2.38. The van der Waals surface area contributed by atoms with E-state index in [0.717, 1.165) is 30.6 Å². The van der Waals surface area contributed by atoms with Gasteiger partial charge in [-0.2, -0.15) is 0 Å². The van der Waals surface area contributed by atoms with E-state index in [1.54, 1.807) is 24.3 Å². The lowest BCUT2D eigenvalue weighted by atomic mass is 9.92. The predicted octanol–water partition coefficient (Wildman–Crippen LogP) is 6.34. The molecule has 0 spiro atoms. The second kappa shape index (κ2) is 11.3. The summed E-state index contributed by atoms with van der Waals surface area (Å²) < 4.78 is 0. The van der Waals surface area contributed by atoms with Crippen molar-refractivity contribution in [2.24, 2.45) is 0 Å². The molecule has 0 saturated heterocycles. The number of amides is 2. The second-order valence-electron chi connectivity index (χ2n) is 8.41. The van der Waals surface area contributed by atoms with Crippen LogP contribution >= 0.6 is 11.6 Å². The third-order valence-corrected chi connectivity index (χ3v) is 6.41. The Balaban J connectivity index is 1.62. The summed E-state index contributed by atoms with van der Waals surface area (Å²) in [5.41, 5.74) is 2.55. The number of anilines is 1. The number of carbonyl (C=O) groups is 2. The van der Waals surface area contributed by atoms with E-state index in [-0.39, 0.29) is 23.8 Å². The van der Waals surface area contributed by atoms with E-state index in [1.165, 1.54) is 25.7 Å². The Morgan fingerprint density at radius 1 is 0.968 bits per heavy atom. The van der Waals surface area contributed by atoms with Crippen molar-refractivity contribution in [1.29, 1.82) is 0 Å². The standard InChI is InChI=1S/C26H33ClN2O2/c1-3-4-5-6-7-10-17-28-25(30)18-23-19(2)29(24-12-9-8-11-22(23)24)26(31)20-13-15-21(27)16-14-20/h8-9,11-16,19,23H,3-7,10,17-18H2,1-2H3,(H,28,30)/t19-,23-/m0/s1. The number of para-hydroxylation sites is 1. The molecule has 1 heterocycles. The van der Waals surface area contributed by atoms with Crippen LogP contribution in [-0.4, -0.2) is 24.4 Å². The Morgan fingerprint density at radius 3 is 2.39 bits per heavy atom. The van der Waals surface area contributed by atoms with Gasteiger partial charge in [0.15, 0.2) is 0 Å². The van der Waals surface area contributed by atoms with Crippen LogP contribution < -0.4 is 10.2 Å². The van der Waals surface area contributed by atoms with Crippen LogP contribution in [-0.2, 0) is 4.79 Å². The van der Waals surface area contributed by atoms with Crippen LogP contribution in [0.3, 0.4) is 0 Å². The first-order valence-electron chi connectivity index (χ1n) is 11.5. The fourth-order valence-electron chi connectivity index (χ4n) is 4.39. The lowest BCUT2D eigenvalue weighted by molar-refractivity contribution is -0.121. The summed E-state index contributed by atoms with van der Waals surface area (Å²) >= 11 is 5.98. The molecule has 4 nitrogen and oxygen atoms in total. The molecular weight excluding hydrogens is 408 g/mol. The van der Waals surface area contributed by atoms with Crippen molar-refractivity contribution in [3.8, 4) is 0 Å². The van der Waals surface area contributed by atoms with Crippen molar-refractivity contribution in [2.75, 3.05) is 11.4 Å². The van der Waals surface area contributed by atoms with Gasteiger partial charge in [0.2, 0.25) is 5.91 Å². The van der Waals surface area contributed by atoms with Crippen LogP contribution in [0, 0.1) is 0 Å². The van der Waals surface area contributed by atoms with Gasteiger partial charge in [0.25, 0.3) is 5.91 Å². The minimum atomic E-state index is -0.0969. The molecule has 0 unspecified atom stereocenters. The van der Waals surface area contributed by atoms with E-state index in [1.807, 2.05) is 36.1 Å². The third kappa shape index (κ3) is 5.88. The first-order chi connectivity index (χ1) is 15.0. The van der Waals surface area contributed by atoms with Gasteiger partial charge in [0, 0.05) is 41.2 Å². The fourth-order valence-corrected chi connectivity index (χ4v) is 4.52. The maximum atomic E-state index is 13.3. The van der Waals surface area contributed by atoms with Crippen LogP contribution in [0.25, 0.3) is 0 Å². The highest BCUT2D eigenvalue weighted by atomic mass is 35.5. The average molecular weight is 441 g/mol. The summed E-state index contributed by atoms with van der Waals surface area (Å²) in [4.78, 5) is 27.7. The summed E-state index contributed by atoms with van der Waals surface area (Å²) in [6.45, 7) is 4.97. The largest absolute Gasteiger partial charge is 0.356 e. The number of halogens is 1. The Labute approximate surface area is 191 Å². The topological polar surface area (TPSA) is 49.4 Å². The van der Waals surface area contributed by atoms with Crippen molar-refractivity contribution in [1.82, 2.24) is 5.32 Å². The molecule has 3 rings (SSSR count). The Morgan fingerprint density at radius 2 is 1.65 bits per heavy atom. The second-order valence-corrected chi connectivity index (χ2v) is 8.85. The molecule has 31 heavy (non-hydrogen) atoms. The summed E-state index contributed by atoms with van der Waals surface area (Å²) in [6.07, 6.45) is 7.61. The summed E-state index contributed by atoms with van der Waals surface area (Å²) in [6, 6.07) is 14.8. The van der Waals surface area contributed by atoms with Crippen molar-refractivity contribution in [3.05, 3.63) is 64.7 Å². The normalized spacial score (nSPS) is 17.5. The predicted molar refractivity (Wildman–Crippen MR) is 128 cm³/mol. The monoisotopic (exact) mass is 440 g/mol. The molecule has 0 fully saturated rings. The number of nitrogens with zero attached hydrogens (tertiary/aromatic N) is 1. The molecule has 0 bridgehead atoms. The zero-order chi connectivity index (χ0) is 22.2. The van der Waals surface area contributed by atoms with Crippen LogP contribution in [0.4, 0.5) is 5.69 Å². The highest BCUT2D eigenvalue weighted by molar-refractivity contribution is 6.30. The Bertz CT molecular complexity index is 881. The molecule has 2 aromatic carbocycles. The number of nitrogens with one attached hydrogen (secondary N) is 1. The van der Waals surface area contributed by atoms with Crippen molar-refractivity contribution < 1.29 is 9.59 Å². The van der Waals surface area contributed by atoms with Crippen LogP contribution in [0.15, 0.2) is 48.5 Å². The third-order valence-electron chi connectivity index (χ3n) is 6.15. The van der Waals surface area contributed by atoms with Gasteiger partial charge in [-0.3, -0.25) is 9.59 Å². The summed E-state index contributed by atoms with van der Waals surface area (Å²) in [5.74, 6) is -0.0235. The highest BCUT2D eigenvalue weighted by Gasteiger charge is 2.39. The quantitative estimate of drug-likeness (QED) is 0.438. The molecule has 0 aliphatic carbocycles. The highest BCUT2D eigenvalue weighted by Crippen LogP contribution is 2.43. The maximum Gasteiger partial charge on any atom is 0.258 e. The lowest BCUT2D eigenvalue weighted by Gasteiger charge is -2.25. The maximum absolute atomic E-state index is 13.3. The zero-order valence-corrected chi connectivity index (χ0v) is 19.3. The number of benzene rings is 2. The van der Waals surface area contributed by atoms with E-state index in [0.29, 0.717) is 17.0 Å². The number of hydrogen-bond donors (Lipinski definition) is 1. The molecule has 2 aromatic rings. The summed E-state index contributed by atoms with van der Waals surface area (Å²) in [7, 11) is 0. The SMILES string of the molecule is CCCCCCCCNC(=O)C[C@@H]1c2ccccc2N(C(=O)c2ccc(Cl)cc2)[C@H]1C. The van der Waals surface area contributed by atoms with Gasteiger partial charge in [-0.05, 0) is 49.2 Å². The smallest absolute Gasteiger partial charge is 0.258 e. The van der Waals surface area contributed by atoms with Gasteiger partial charge >= 0.3 is 0 Å². The molecule has 1 aliphatic heterocycles. The molecular formula is C26H33ClN2O2. The van der Waals surface area contributed by atoms with E-state index in [4.69, 9.17) is 11.6 Å². The molecule has 2 atom stereocenters. The molecule has 0 saturated carbocycles. The number of carbonyl (C=O) groups excluding carboxylic acids is 2. The van der Waals surface area contributed by atoms with Crippen molar-refractivity contribution in [3.63, 3.8) is 0 Å². The number of fused-ring (bicyclic) bond motifs is 1.